The lowest BCUT2D eigenvalue weighted by Crippen LogP contribution is -2.41. The van der Waals surface area contributed by atoms with Crippen LogP contribution in [0.3, 0.4) is 0 Å². The van der Waals surface area contributed by atoms with Gasteiger partial charge in [0.15, 0.2) is 25.2 Å². The highest BCUT2D eigenvalue weighted by atomic mass is 79.9. The quantitative estimate of drug-likeness (QED) is 0.483. The molecule has 0 aromatic carbocycles. The van der Waals surface area contributed by atoms with Crippen molar-refractivity contribution in [2.75, 3.05) is 25.0 Å². The highest BCUT2D eigenvalue weighted by Gasteiger charge is 2.22. The first kappa shape index (κ1) is 16.5. The molecule has 7 nitrogen and oxygen atoms in total. The van der Waals surface area contributed by atoms with Gasteiger partial charge in [-0.05, 0) is 41.9 Å². The SMILES string of the molecule is CN(c1nc2sc(-c3cnc(Br)n4ccnc34)nc2s1)C1CCNCC1. The van der Waals surface area contributed by atoms with Crippen LogP contribution in [0.25, 0.3) is 25.9 Å². The van der Waals surface area contributed by atoms with E-state index >= 15 is 0 Å². The largest absolute Gasteiger partial charge is 0.348 e. The van der Waals surface area contributed by atoms with E-state index in [1.165, 1.54) is 0 Å². The van der Waals surface area contributed by atoms with Crippen LogP contribution in [-0.4, -0.2) is 50.5 Å². The molecule has 0 saturated carbocycles. The zero-order valence-corrected chi connectivity index (χ0v) is 17.2. The van der Waals surface area contributed by atoms with E-state index in [1.54, 1.807) is 28.9 Å². The van der Waals surface area contributed by atoms with Gasteiger partial charge in [0.2, 0.25) is 0 Å². The van der Waals surface area contributed by atoms with E-state index < -0.39 is 0 Å². The average Bonchev–Trinajstić information content (AvgIpc) is 3.37. The summed E-state index contributed by atoms with van der Waals surface area (Å²) in [5.74, 6) is 0. The predicted molar refractivity (Wildman–Crippen MR) is 109 cm³/mol. The first-order valence-corrected chi connectivity index (χ1v) is 10.8. The molecule has 0 bridgehead atoms. The molecule has 5 rings (SSSR count). The van der Waals surface area contributed by atoms with E-state index in [4.69, 9.17) is 9.97 Å². The van der Waals surface area contributed by atoms with E-state index in [2.05, 4.69) is 43.2 Å². The Morgan fingerprint density at radius 1 is 1.19 bits per heavy atom. The fourth-order valence-electron chi connectivity index (χ4n) is 3.29. The average molecular weight is 450 g/mol. The van der Waals surface area contributed by atoms with Gasteiger partial charge in [-0.15, -0.1) is 0 Å². The van der Waals surface area contributed by atoms with Crippen molar-refractivity contribution in [2.45, 2.75) is 18.9 Å². The monoisotopic (exact) mass is 449 g/mol. The van der Waals surface area contributed by atoms with Gasteiger partial charge in [-0.25, -0.2) is 19.9 Å². The predicted octanol–water partition coefficient (Wildman–Crippen LogP) is 3.41. The Balaban J connectivity index is 1.50. The van der Waals surface area contributed by atoms with Gasteiger partial charge in [0.05, 0.1) is 5.56 Å². The summed E-state index contributed by atoms with van der Waals surface area (Å²) in [6.45, 7) is 2.15. The number of hydrogen-bond acceptors (Lipinski definition) is 8. The third kappa shape index (κ3) is 2.72. The molecule has 1 aliphatic rings. The molecule has 0 radical (unpaired) electrons. The van der Waals surface area contributed by atoms with Crippen molar-refractivity contribution in [3.05, 3.63) is 23.3 Å². The van der Waals surface area contributed by atoms with Gasteiger partial charge in [-0.2, -0.15) is 0 Å². The summed E-state index contributed by atoms with van der Waals surface area (Å²) in [7, 11) is 2.14. The maximum atomic E-state index is 4.84. The Bertz CT molecular complexity index is 1050. The Hall–Kier alpha value is -1.62. The van der Waals surface area contributed by atoms with Gasteiger partial charge in [-0.1, -0.05) is 22.7 Å². The second-order valence-electron chi connectivity index (χ2n) is 6.28. The number of rotatable bonds is 3. The van der Waals surface area contributed by atoms with E-state index in [0.29, 0.717) is 6.04 Å². The van der Waals surface area contributed by atoms with Gasteiger partial charge in [0, 0.05) is 31.7 Å². The molecule has 10 heteroatoms. The minimum absolute atomic E-state index is 0.552. The number of fused-ring (bicyclic) bond motifs is 2. The number of halogens is 1. The number of piperidine rings is 1. The topological polar surface area (TPSA) is 71.2 Å². The highest BCUT2D eigenvalue weighted by molar-refractivity contribution is 9.10. The highest BCUT2D eigenvalue weighted by Crippen LogP contribution is 2.37. The molecule has 1 saturated heterocycles. The Morgan fingerprint density at radius 2 is 2.00 bits per heavy atom. The number of hydrogen-bond donors (Lipinski definition) is 1. The maximum absolute atomic E-state index is 4.84. The zero-order chi connectivity index (χ0) is 17.7. The van der Waals surface area contributed by atoms with Crippen molar-refractivity contribution in [3.8, 4) is 10.6 Å². The number of thiazole rings is 2. The number of imidazole rings is 1. The van der Waals surface area contributed by atoms with E-state index in [-0.39, 0.29) is 0 Å². The summed E-state index contributed by atoms with van der Waals surface area (Å²) in [4.78, 5) is 22.8. The first-order valence-electron chi connectivity index (χ1n) is 8.39. The van der Waals surface area contributed by atoms with Crippen LogP contribution in [0.5, 0.6) is 0 Å². The van der Waals surface area contributed by atoms with Crippen LogP contribution < -0.4 is 10.2 Å². The molecule has 4 aromatic heterocycles. The third-order valence-corrected chi connectivity index (χ3v) is 7.47. The molecule has 0 spiro atoms. The van der Waals surface area contributed by atoms with Crippen molar-refractivity contribution < 1.29 is 0 Å². The van der Waals surface area contributed by atoms with Crippen molar-refractivity contribution >= 4 is 59.0 Å². The minimum atomic E-state index is 0.552. The molecule has 1 aliphatic heterocycles. The van der Waals surface area contributed by atoms with Gasteiger partial charge in [0.25, 0.3) is 0 Å². The van der Waals surface area contributed by atoms with Crippen molar-refractivity contribution in [2.24, 2.45) is 0 Å². The number of anilines is 1. The van der Waals surface area contributed by atoms with Gasteiger partial charge >= 0.3 is 0 Å². The summed E-state index contributed by atoms with van der Waals surface area (Å²) in [5, 5.41) is 5.37. The summed E-state index contributed by atoms with van der Waals surface area (Å²) in [6, 6.07) is 0.552. The molecule has 1 N–H and O–H groups in total. The van der Waals surface area contributed by atoms with Crippen LogP contribution in [0.4, 0.5) is 5.13 Å². The van der Waals surface area contributed by atoms with Crippen LogP contribution in [0.2, 0.25) is 0 Å². The molecule has 4 aromatic rings. The molecule has 26 heavy (non-hydrogen) atoms. The number of aromatic nitrogens is 5. The lowest BCUT2D eigenvalue weighted by Gasteiger charge is -2.31. The molecule has 1 fully saturated rings. The molecule has 5 heterocycles. The molecule has 0 unspecified atom stereocenters. The normalized spacial score (nSPS) is 15.9. The summed E-state index contributed by atoms with van der Waals surface area (Å²) < 4.78 is 2.64. The minimum Gasteiger partial charge on any atom is -0.348 e. The van der Waals surface area contributed by atoms with E-state index in [9.17, 15) is 0 Å². The molecular weight excluding hydrogens is 434 g/mol. The smallest absolute Gasteiger partial charge is 0.188 e. The number of nitrogens with zero attached hydrogens (tertiary/aromatic N) is 6. The molecule has 0 aliphatic carbocycles. The van der Waals surface area contributed by atoms with Gasteiger partial charge in [0.1, 0.15) is 5.01 Å². The summed E-state index contributed by atoms with van der Waals surface area (Å²) in [6.07, 6.45) is 7.79. The van der Waals surface area contributed by atoms with Crippen LogP contribution in [-0.2, 0) is 0 Å². The number of nitrogens with one attached hydrogen (secondary N) is 1. The fourth-order valence-corrected chi connectivity index (χ4v) is 5.75. The lowest BCUT2D eigenvalue weighted by atomic mass is 10.1. The van der Waals surface area contributed by atoms with Crippen molar-refractivity contribution in [3.63, 3.8) is 0 Å². The lowest BCUT2D eigenvalue weighted by molar-refractivity contribution is 0.443. The molecule has 0 atom stereocenters. The Morgan fingerprint density at radius 3 is 2.81 bits per heavy atom. The van der Waals surface area contributed by atoms with Gasteiger partial charge in [-0.3, -0.25) is 4.40 Å². The molecule has 134 valence electrons. The van der Waals surface area contributed by atoms with Crippen LogP contribution in [0, 0.1) is 0 Å². The summed E-state index contributed by atoms with van der Waals surface area (Å²) >= 11 is 6.71. The van der Waals surface area contributed by atoms with E-state index in [0.717, 1.165) is 61.7 Å². The molecular formula is C16H16BrN7S2. The second kappa shape index (κ2) is 6.52. The van der Waals surface area contributed by atoms with Crippen LogP contribution in [0.1, 0.15) is 12.8 Å². The van der Waals surface area contributed by atoms with Crippen LogP contribution >= 0.6 is 38.6 Å². The maximum Gasteiger partial charge on any atom is 0.188 e. The third-order valence-electron chi connectivity index (χ3n) is 4.73. The van der Waals surface area contributed by atoms with Crippen molar-refractivity contribution in [1.29, 1.82) is 0 Å². The second-order valence-corrected chi connectivity index (χ2v) is 8.92. The van der Waals surface area contributed by atoms with Crippen molar-refractivity contribution in [1.82, 2.24) is 29.7 Å². The summed E-state index contributed by atoms with van der Waals surface area (Å²) in [5.41, 5.74) is 1.78. The fraction of sp³-hybridized carbons (Fsp3) is 0.375. The standard InChI is InChI=1S/C16H16BrN7S2/c1-23(9-2-4-18-5-3-9)16-22-14-13(26-16)21-12(25-14)10-8-20-15(17)24-7-6-19-11(10)24/h6-9,18H,2-5H2,1H3. The Labute approximate surface area is 166 Å². The first-order chi connectivity index (χ1) is 12.7. The van der Waals surface area contributed by atoms with Crippen LogP contribution in [0.15, 0.2) is 23.3 Å². The van der Waals surface area contributed by atoms with E-state index in [1.807, 2.05) is 16.8 Å². The zero-order valence-electron chi connectivity index (χ0n) is 14.0. The Kier molecular flexibility index (Phi) is 4.15. The van der Waals surface area contributed by atoms with Gasteiger partial charge < -0.3 is 10.2 Å². The molecule has 0 amide bonds.